The molecule has 0 saturated carbocycles. The smallest absolute Gasteiger partial charge is 0.252 e. The number of carbonyl (C=O) groups is 1. The van der Waals surface area contributed by atoms with Crippen molar-refractivity contribution in [2.24, 2.45) is 0 Å². The van der Waals surface area contributed by atoms with Gasteiger partial charge in [-0.05, 0) is 37.6 Å². The number of benzene rings is 2. The standard InChI is InChI=1S/C23H20F2N4OS/c1-15-12-16(2)29(27-15)11-10-28(21(30)9-8-17-6-4-3-5-7-17)23-26-22-19(25)13-18(24)14-20(22)31-23/h3-9,12-14H,10-11H2,1-2H3. The van der Waals surface area contributed by atoms with Gasteiger partial charge in [-0.25, -0.2) is 13.8 Å². The summed E-state index contributed by atoms with van der Waals surface area (Å²) in [7, 11) is 0. The number of amides is 1. The van der Waals surface area contributed by atoms with Gasteiger partial charge < -0.3 is 0 Å². The summed E-state index contributed by atoms with van der Waals surface area (Å²) in [5, 5.41) is 4.74. The number of aryl methyl sites for hydroxylation is 2. The van der Waals surface area contributed by atoms with Crippen LogP contribution in [0.3, 0.4) is 0 Å². The highest BCUT2D eigenvalue weighted by atomic mass is 32.1. The highest BCUT2D eigenvalue weighted by Gasteiger charge is 2.20. The van der Waals surface area contributed by atoms with Crippen molar-refractivity contribution in [2.45, 2.75) is 20.4 Å². The lowest BCUT2D eigenvalue weighted by Gasteiger charge is -2.18. The molecule has 2 aromatic carbocycles. The van der Waals surface area contributed by atoms with Crippen molar-refractivity contribution in [1.29, 1.82) is 0 Å². The van der Waals surface area contributed by atoms with E-state index in [2.05, 4.69) is 10.1 Å². The number of nitrogens with zero attached hydrogens (tertiary/aromatic N) is 4. The molecule has 1 amide bonds. The van der Waals surface area contributed by atoms with Gasteiger partial charge in [0, 0.05) is 24.4 Å². The van der Waals surface area contributed by atoms with Crippen molar-refractivity contribution in [3.05, 3.63) is 83.2 Å². The zero-order valence-corrected chi connectivity index (χ0v) is 17.9. The van der Waals surface area contributed by atoms with E-state index in [0.717, 1.165) is 34.4 Å². The van der Waals surface area contributed by atoms with Crippen molar-refractivity contribution in [2.75, 3.05) is 11.4 Å². The van der Waals surface area contributed by atoms with Gasteiger partial charge in [-0.2, -0.15) is 5.10 Å². The first-order chi connectivity index (χ1) is 14.9. The summed E-state index contributed by atoms with van der Waals surface area (Å²) in [4.78, 5) is 18.8. The Labute approximate surface area is 182 Å². The molecule has 0 bridgehead atoms. The zero-order valence-electron chi connectivity index (χ0n) is 17.0. The van der Waals surface area contributed by atoms with Crippen LogP contribution in [0.1, 0.15) is 17.0 Å². The largest absolute Gasteiger partial charge is 0.283 e. The van der Waals surface area contributed by atoms with Crippen LogP contribution in [-0.4, -0.2) is 27.2 Å². The maximum atomic E-state index is 14.2. The molecule has 0 aliphatic carbocycles. The Kier molecular flexibility index (Phi) is 5.90. The van der Waals surface area contributed by atoms with Crippen LogP contribution in [0, 0.1) is 25.5 Å². The van der Waals surface area contributed by atoms with E-state index in [-0.39, 0.29) is 18.0 Å². The van der Waals surface area contributed by atoms with Gasteiger partial charge in [0.25, 0.3) is 5.91 Å². The minimum Gasteiger partial charge on any atom is -0.283 e. The van der Waals surface area contributed by atoms with E-state index in [4.69, 9.17) is 0 Å². The minimum absolute atomic E-state index is 0.0531. The number of hydrogen-bond donors (Lipinski definition) is 0. The van der Waals surface area contributed by atoms with Gasteiger partial charge >= 0.3 is 0 Å². The highest BCUT2D eigenvalue weighted by molar-refractivity contribution is 7.22. The fourth-order valence-corrected chi connectivity index (χ4v) is 4.32. The number of carbonyl (C=O) groups excluding carboxylic acids is 1. The minimum atomic E-state index is -0.747. The van der Waals surface area contributed by atoms with Gasteiger partial charge in [0.1, 0.15) is 11.3 Å². The Morgan fingerprint density at radius 2 is 1.94 bits per heavy atom. The molecular weight excluding hydrogens is 418 g/mol. The first-order valence-corrected chi connectivity index (χ1v) is 10.5. The summed E-state index contributed by atoms with van der Waals surface area (Å²) < 4.78 is 30.0. The van der Waals surface area contributed by atoms with Gasteiger partial charge in [0.15, 0.2) is 10.9 Å². The van der Waals surface area contributed by atoms with E-state index in [0.29, 0.717) is 16.4 Å². The third-order valence-electron chi connectivity index (χ3n) is 4.76. The van der Waals surface area contributed by atoms with Crippen molar-refractivity contribution in [3.63, 3.8) is 0 Å². The van der Waals surface area contributed by atoms with E-state index < -0.39 is 11.6 Å². The molecule has 0 aliphatic heterocycles. The molecule has 0 saturated heterocycles. The number of anilines is 1. The fourth-order valence-electron chi connectivity index (χ4n) is 3.28. The summed E-state index contributed by atoms with van der Waals surface area (Å²) in [5.74, 6) is -1.72. The van der Waals surface area contributed by atoms with Crippen molar-refractivity contribution < 1.29 is 13.6 Å². The molecule has 31 heavy (non-hydrogen) atoms. The number of fused-ring (bicyclic) bond motifs is 1. The second kappa shape index (κ2) is 8.77. The summed E-state index contributed by atoms with van der Waals surface area (Å²) in [6.07, 6.45) is 3.17. The summed E-state index contributed by atoms with van der Waals surface area (Å²) in [5.41, 5.74) is 2.79. The van der Waals surface area contributed by atoms with Crippen molar-refractivity contribution in [3.8, 4) is 0 Å². The Balaban J connectivity index is 1.66. The molecule has 0 aliphatic rings. The lowest BCUT2D eigenvalue weighted by atomic mass is 10.2. The Bertz CT molecular complexity index is 1260. The fraction of sp³-hybridized carbons (Fsp3) is 0.174. The van der Waals surface area contributed by atoms with Crippen molar-refractivity contribution >= 4 is 38.7 Å². The van der Waals surface area contributed by atoms with Crippen LogP contribution < -0.4 is 4.90 Å². The number of aromatic nitrogens is 3. The second-order valence-corrected chi connectivity index (χ2v) is 8.12. The van der Waals surface area contributed by atoms with Crippen LogP contribution in [0.2, 0.25) is 0 Å². The Morgan fingerprint density at radius 3 is 2.65 bits per heavy atom. The molecule has 4 aromatic rings. The monoisotopic (exact) mass is 438 g/mol. The van der Waals surface area contributed by atoms with E-state index in [1.54, 1.807) is 6.08 Å². The van der Waals surface area contributed by atoms with Crippen LogP contribution in [0.25, 0.3) is 16.3 Å². The first kappa shape index (κ1) is 20.9. The normalized spacial score (nSPS) is 11.5. The topological polar surface area (TPSA) is 51.0 Å². The molecule has 4 rings (SSSR count). The van der Waals surface area contributed by atoms with E-state index >= 15 is 0 Å². The van der Waals surface area contributed by atoms with Crippen LogP contribution in [0.15, 0.2) is 54.6 Å². The van der Waals surface area contributed by atoms with E-state index in [1.165, 1.54) is 17.0 Å². The first-order valence-electron chi connectivity index (χ1n) is 9.72. The highest BCUT2D eigenvalue weighted by Crippen LogP contribution is 2.31. The van der Waals surface area contributed by atoms with Gasteiger partial charge in [0.2, 0.25) is 0 Å². The van der Waals surface area contributed by atoms with Crippen LogP contribution in [-0.2, 0) is 11.3 Å². The van der Waals surface area contributed by atoms with Gasteiger partial charge in [0.05, 0.1) is 16.9 Å². The molecule has 158 valence electrons. The molecule has 0 fully saturated rings. The molecule has 0 N–H and O–H groups in total. The molecule has 0 radical (unpaired) electrons. The maximum Gasteiger partial charge on any atom is 0.252 e. The molecule has 0 atom stereocenters. The molecule has 0 spiro atoms. The Hall–Kier alpha value is -3.39. The van der Waals surface area contributed by atoms with Crippen LogP contribution in [0.5, 0.6) is 0 Å². The zero-order chi connectivity index (χ0) is 22.0. The second-order valence-electron chi connectivity index (χ2n) is 7.11. The lowest BCUT2D eigenvalue weighted by Crippen LogP contribution is -2.33. The maximum absolute atomic E-state index is 14.2. The molecule has 2 heterocycles. The van der Waals surface area contributed by atoms with Crippen LogP contribution >= 0.6 is 11.3 Å². The quantitative estimate of drug-likeness (QED) is 0.392. The number of hydrogen-bond acceptors (Lipinski definition) is 4. The molecular formula is C23H20F2N4OS. The van der Waals surface area contributed by atoms with Gasteiger partial charge in [-0.1, -0.05) is 41.7 Å². The van der Waals surface area contributed by atoms with E-state index in [9.17, 15) is 13.6 Å². The third-order valence-corrected chi connectivity index (χ3v) is 5.78. The molecule has 2 aromatic heterocycles. The van der Waals surface area contributed by atoms with E-state index in [1.807, 2.05) is 54.9 Å². The number of halogens is 2. The van der Waals surface area contributed by atoms with Gasteiger partial charge in [-0.15, -0.1) is 0 Å². The molecule has 5 nitrogen and oxygen atoms in total. The molecule has 0 unspecified atom stereocenters. The lowest BCUT2D eigenvalue weighted by molar-refractivity contribution is -0.114. The number of thiazole rings is 1. The molecule has 8 heteroatoms. The van der Waals surface area contributed by atoms with Crippen LogP contribution in [0.4, 0.5) is 13.9 Å². The number of rotatable bonds is 6. The Morgan fingerprint density at radius 1 is 1.16 bits per heavy atom. The average Bonchev–Trinajstić information content (AvgIpc) is 3.30. The SMILES string of the molecule is Cc1cc(C)n(CCN(C(=O)C=Cc2ccccc2)c2nc3c(F)cc(F)cc3s2)n1. The van der Waals surface area contributed by atoms with Crippen molar-refractivity contribution in [1.82, 2.24) is 14.8 Å². The average molecular weight is 439 g/mol. The summed E-state index contributed by atoms with van der Waals surface area (Å²) >= 11 is 1.08. The predicted octanol–water partition coefficient (Wildman–Crippen LogP) is 5.13. The summed E-state index contributed by atoms with van der Waals surface area (Å²) in [6, 6.07) is 13.4. The summed E-state index contributed by atoms with van der Waals surface area (Å²) in [6.45, 7) is 4.57. The predicted molar refractivity (Wildman–Crippen MR) is 119 cm³/mol. The third kappa shape index (κ3) is 4.69. The van der Waals surface area contributed by atoms with Gasteiger partial charge in [-0.3, -0.25) is 14.4 Å².